The van der Waals surface area contributed by atoms with Gasteiger partial charge in [0.2, 0.25) is 0 Å². The summed E-state index contributed by atoms with van der Waals surface area (Å²) in [4.78, 5) is 11.2. The van der Waals surface area contributed by atoms with E-state index in [9.17, 15) is 9.90 Å². The minimum absolute atomic E-state index is 0.0558. The van der Waals surface area contributed by atoms with Gasteiger partial charge < -0.3 is 9.84 Å². The van der Waals surface area contributed by atoms with Crippen LogP contribution in [0.15, 0.2) is 42.5 Å². The molecule has 1 unspecified atom stereocenters. The first-order valence-corrected chi connectivity index (χ1v) is 10.6. The number of unbranched alkanes of at least 4 members (excludes halogenated alkanes) is 8. The maximum absolute atomic E-state index is 11.2. The van der Waals surface area contributed by atoms with E-state index in [-0.39, 0.29) is 12.5 Å². The molecule has 0 aliphatic heterocycles. The first-order valence-electron chi connectivity index (χ1n) is 10.6. The Morgan fingerprint density at radius 3 is 2.22 bits per heavy atom. The van der Waals surface area contributed by atoms with Gasteiger partial charge >= 0.3 is 5.97 Å². The molecule has 3 heteroatoms. The van der Waals surface area contributed by atoms with E-state index in [1.165, 1.54) is 44.9 Å². The van der Waals surface area contributed by atoms with Crippen LogP contribution in [0, 0.1) is 0 Å². The SMILES string of the molecule is CCCCCCCCCCCC(CC(=O)O)Oc1cccc2ccccc12. The predicted molar refractivity (Wildman–Crippen MR) is 112 cm³/mol. The van der Waals surface area contributed by atoms with E-state index < -0.39 is 5.97 Å². The zero-order valence-corrected chi connectivity index (χ0v) is 16.7. The number of aliphatic carboxylic acids is 1. The van der Waals surface area contributed by atoms with E-state index in [1.54, 1.807) is 0 Å². The first kappa shape index (κ1) is 21.3. The van der Waals surface area contributed by atoms with Gasteiger partial charge in [-0.05, 0) is 24.3 Å². The molecule has 0 aromatic heterocycles. The Kier molecular flexibility index (Phi) is 9.75. The van der Waals surface area contributed by atoms with Gasteiger partial charge in [-0.2, -0.15) is 0 Å². The highest BCUT2D eigenvalue weighted by atomic mass is 16.5. The van der Waals surface area contributed by atoms with Crippen molar-refractivity contribution in [3.8, 4) is 5.75 Å². The summed E-state index contributed by atoms with van der Waals surface area (Å²) < 4.78 is 6.13. The summed E-state index contributed by atoms with van der Waals surface area (Å²) in [5.41, 5.74) is 0. The lowest BCUT2D eigenvalue weighted by molar-refractivity contribution is -0.138. The third-order valence-electron chi connectivity index (χ3n) is 5.08. The largest absolute Gasteiger partial charge is 0.489 e. The van der Waals surface area contributed by atoms with Gasteiger partial charge in [-0.25, -0.2) is 0 Å². The van der Waals surface area contributed by atoms with Crippen LogP contribution >= 0.6 is 0 Å². The summed E-state index contributed by atoms with van der Waals surface area (Å²) >= 11 is 0. The highest BCUT2D eigenvalue weighted by Gasteiger charge is 2.16. The van der Waals surface area contributed by atoms with Gasteiger partial charge in [-0.1, -0.05) is 94.7 Å². The average Bonchev–Trinajstić information content (AvgIpc) is 2.66. The molecule has 0 radical (unpaired) electrons. The monoisotopic (exact) mass is 370 g/mol. The predicted octanol–water partition coefficient (Wildman–Crippen LogP) is 6.98. The van der Waals surface area contributed by atoms with Crippen molar-refractivity contribution in [3.63, 3.8) is 0 Å². The van der Waals surface area contributed by atoms with Crippen LogP contribution in [0.3, 0.4) is 0 Å². The molecule has 2 rings (SSSR count). The average molecular weight is 371 g/mol. The third-order valence-corrected chi connectivity index (χ3v) is 5.08. The van der Waals surface area contributed by atoms with Crippen molar-refractivity contribution in [2.75, 3.05) is 0 Å². The summed E-state index contributed by atoms with van der Waals surface area (Å²) in [5, 5.41) is 11.4. The molecule has 2 aromatic carbocycles. The molecule has 0 saturated heterocycles. The van der Waals surface area contributed by atoms with E-state index in [2.05, 4.69) is 19.1 Å². The molecule has 27 heavy (non-hydrogen) atoms. The van der Waals surface area contributed by atoms with Gasteiger partial charge in [0, 0.05) is 5.39 Å². The summed E-state index contributed by atoms with van der Waals surface area (Å²) in [6.45, 7) is 2.24. The van der Waals surface area contributed by atoms with Crippen LogP contribution in [0.5, 0.6) is 5.75 Å². The van der Waals surface area contributed by atoms with Crippen LogP contribution in [0.25, 0.3) is 10.8 Å². The van der Waals surface area contributed by atoms with Crippen molar-refractivity contribution < 1.29 is 14.6 Å². The molecule has 0 spiro atoms. The number of hydrogen-bond donors (Lipinski definition) is 1. The Labute approximate surface area is 163 Å². The van der Waals surface area contributed by atoms with Crippen LogP contribution in [-0.2, 0) is 4.79 Å². The summed E-state index contributed by atoms with van der Waals surface area (Å²) in [6, 6.07) is 14.0. The number of hydrogen-bond acceptors (Lipinski definition) is 2. The van der Waals surface area contributed by atoms with Gasteiger partial charge in [0.1, 0.15) is 11.9 Å². The summed E-state index contributed by atoms with van der Waals surface area (Å²) in [7, 11) is 0. The molecule has 0 aliphatic carbocycles. The minimum atomic E-state index is -0.795. The Morgan fingerprint density at radius 1 is 0.889 bits per heavy atom. The molecule has 0 bridgehead atoms. The van der Waals surface area contributed by atoms with E-state index in [0.717, 1.165) is 35.8 Å². The molecule has 148 valence electrons. The van der Waals surface area contributed by atoms with Crippen LogP contribution in [0.1, 0.15) is 77.6 Å². The fourth-order valence-electron chi connectivity index (χ4n) is 3.56. The standard InChI is InChI=1S/C24H34O3/c1-2-3-4-5-6-7-8-9-10-16-21(19-24(25)26)27-23-18-13-15-20-14-11-12-17-22(20)23/h11-15,17-18,21H,2-10,16,19H2,1H3,(H,25,26). The Hall–Kier alpha value is -2.03. The van der Waals surface area contributed by atoms with E-state index in [0.29, 0.717) is 0 Å². The Bertz CT molecular complexity index is 675. The van der Waals surface area contributed by atoms with Gasteiger partial charge in [0.15, 0.2) is 0 Å². The Morgan fingerprint density at radius 2 is 1.52 bits per heavy atom. The van der Waals surface area contributed by atoms with Gasteiger partial charge in [0.05, 0.1) is 6.42 Å². The maximum Gasteiger partial charge on any atom is 0.307 e. The van der Waals surface area contributed by atoms with Gasteiger partial charge in [-0.3, -0.25) is 4.79 Å². The second-order valence-corrected chi connectivity index (χ2v) is 7.43. The number of fused-ring (bicyclic) bond motifs is 1. The molecule has 0 heterocycles. The molecule has 3 nitrogen and oxygen atoms in total. The lowest BCUT2D eigenvalue weighted by Crippen LogP contribution is -2.20. The van der Waals surface area contributed by atoms with Gasteiger partial charge in [-0.15, -0.1) is 0 Å². The number of carboxylic acid groups (broad SMARTS) is 1. The van der Waals surface area contributed by atoms with Crippen molar-refractivity contribution >= 4 is 16.7 Å². The van der Waals surface area contributed by atoms with Crippen molar-refractivity contribution in [2.24, 2.45) is 0 Å². The quantitative estimate of drug-likeness (QED) is 0.365. The molecule has 0 fully saturated rings. The molecule has 0 amide bonds. The summed E-state index contributed by atoms with van der Waals surface area (Å²) in [5.74, 6) is -0.00793. The van der Waals surface area contributed by atoms with Crippen molar-refractivity contribution in [3.05, 3.63) is 42.5 Å². The molecular weight excluding hydrogens is 336 g/mol. The zero-order valence-electron chi connectivity index (χ0n) is 16.7. The second kappa shape index (κ2) is 12.4. The van der Waals surface area contributed by atoms with Crippen molar-refractivity contribution in [2.45, 2.75) is 83.7 Å². The minimum Gasteiger partial charge on any atom is -0.489 e. The molecule has 0 saturated carbocycles. The molecule has 0 aliphatic rings. The van der Waals surface area contributed by atoms with Crippen molar-refractivity contribution in [1.82, 2.24) is 0 Å². The van der Waals surface area contributed by atoms with E-state index >= 15 is 0 Å². The molecule has 2 aromatic rings. The van der Waals surface area contributed by atoms with Gasteiger partial charge in [0.25, 0.3) is 0 Å². The Balaban J connectivity index is 1.78. The van der Waals surface area contributed by atoms with Crippen LogP contribution in [-0.4, -0.2) is 17.2 Å². The number of benzene rings is 2. The van der Waals surface area contributed by atoms with Crippen molar-refractivity contribution in [1.29, 1.82) is 0 Å². The van der Waals surface area contributed by atoms with Crippen LogP contribution < -0.4 is 4.74 Å². The van der Waals surface area contributed by atoms with E-state index in [4.69, 9.17) is 4.74 Å². The lowest BCUT2D eigenvalue weighted by Gasteiger charge is -2.19. The third kappa shape index (κ3) is 8.03. The lowest BCUT2D eigenvalue weighted by atomic mass is 10.0. The van der Waals surface area contributed by atoms with E-state index in [1.807, 2.05) is 30.3 Å². The number of ether oxygens (including phenoxy) is 1. The summed E-state index contributed by atoms with van der Waals surface area (Å²) in [6.07, 6.45) is 12.0. The maximum atomic E-state index is 11.2. The highest BCUT2D eigenvalue weighted by Crippen LogP contribution is 2.27. The normalized spacial score (nSPS) is 12.2. The highest BCUT2D eigenvalue weighted by molar-refractivity contribution is 5.88. The number of rotatable bonds is 14. The first-order chi connectivity index (χ1) is 13.2. The smallest absolute Gasteiger partial charge is 0.307 e. The fourth-order valence-corrected chi connectivity index (χ4v) is 3.56. The van der Waals surface area contributed by atoms with Crippen LogP contribution in [0.2, 0.25) is 0 Å². The molecule has 1 atom stereocenters. The number of carbonyl (C=O) groups is 1. The molecule has 1 N–H and O–H groups in total. The number of carboxylic acids is 1. The molecular formula is C24H34O3. The fraction of sp³-hybridized carbons (Fsp3) is 0.542. The second-order valence-electron chi connectivity index (χ2n) is 7.43. The topological polar surface area (TPSA) is 46.5 Å². The van der Waals surface area contributed by atoms with Crippen LogP contribution in [0.4, 0.5) is 0 Å². The zero-order chi connectivity index (χ0) is 19.3.